The molecule has 0 aliphatic rings. The van der Waals surface area contributed by atoms with E-state index in [1.165, 1.54) is 12.1 Å². The molecule has 0 heterocycles. The van der Waals surface area contributed by atoms with Crippen molar-refractivity contribution in [2.24, 2.45) is 5.41 Å². The van der Waals surface area contributed by atoms with Crippen molar-refractivity contribution in [3.8, 4) is 5.75 Å². The molecule has 0 spiro atoms. The van der Waals surface area contributed by atoms with Gasteiger partial charge < -0.3 is 15.5 Å². The second-order valence-corrected chi connectivity index (χ2v) is 6.55. The molecule has 0 fully saturated rings. The monoisotopic (exact) mass is 293 g/mol. The number of hydrogen-bond acceptors (Lipinski definition) is 3. The van der Waals surface area contributed by atoms with E-state index in [4.69, 9.17) is 5.11 Å². The first-order valence-electron chi connectivity index (χ1n) is 6.91. The van der Waals surface area contributed by atoms with E-state index in [0.717, 1.165) is 5.56 Å². The van der Waals surface area contributed by atoms with Crippen molar-refractivity contribution in [3.63, 3.8) is 0 Å². The lowest BCUT2D eigenvalue weighted by molar-refractivity contribution is -0.137. The number of carboxylic acid groups (broad SMARTS) is 1. The van der Waals surface area contributed by atoms with E-state index < -0.39 is 17.9 Å². The molecule has 5 heteroatoms. The average Bonchev–Trinajstić information content (AvgIpc) is 2.24. The number of amides is 1. The summed E-state index contributed by atoms with van der Waals surface area (Å²) >= 11 is 0. The van der Waals surface area contributed by atoms with Gasteiger partial charge in [0, 0.05) is 6.04 Å². The van der Waals surface area contributed by atoms with Gasteiger partial charge in [0.2, 0.25) is 0 Å². The highest BCUT2D eigenvalue weighted by Gasteiger charge is 2.24. The summed E-state index contributed by atoms with van der Waals surface area (Å²) in [5.41, 5.74) is 0.897. The average molecular weight is 293 g/mol. The molecule has 116 valence electrons. The van der Waals surface area contributed by atoms with E-state index in [1.807, 2.05) is 27.7 Å². The van der Waals surface area contributed by atoms with Crippen LogP contribution in [0.25, 0.3) is 0 Å². The van der Waals surface area contributed by atoms with Gasteiger partial charge in [0.05, 0.1) is 12.0 Å². The van der Waals surface area contributed by atoms with Gasteiger partial charge in [0.25, 0.3) is 5.91 Å². The number of carbonyl (C=O) groups excluding carboxylic acids is 1. The minimum Gasteiger partial charge on any atom is -0.507 e. The maximum atomic E-state index is 12.2. The third-order valence-corrected chi connectivity index (χ3v) is 3.01. The Morgan fingerprint density at radius 1 is 1.29 bits per heavy atom. The molecule has 0 aliphatic carbocycles. The number of aromatic hydroxyl groups is 1. The Kier molecular flexibility index (Phi) is 5.35. The first-order valence-corrected chi connectivity index (χ1v) is 6.91. The molecule has 0 saturated heterocycles. The minimum atomic E-state index is -0.960. The zero-order chi connectivity index (χ0) is 16.2. The van der Waals surface area contributed by atoms with Crippen molar-refractivity contribution in [2.75, 3.05) is 0 Å². The number of phenolic OH excluding ortho intramolecular Hbond substituents is 1. The summed E-state index contributed by atoms with van der Waals surface area (Å²) < 4.78 is 0. The first kappa shape index (κ1) is 17.0. The molecule has 1 aromatic carbocycles. The number of nitrogens with one attached hydrogen (secondary N) is 1. The van der Waals surface area contributed by atoms with Gasteiger partial charge in [-0.15, -0.1) is 0 Å². The normalized spacial score (nSPS) is 12.8. The van der Waals surface area contributed by atoms with Crippen LogP contribution < -0.4 is 5.32 Å². The van der Waals surface area contributed by atoms with Crippen LogP contribution in [0.2, 0.25) is 0 Å². The first-order chi connectivity index (χ1) is 9.58. The van der Waals surface area contributed by atoms with Gasteiger partial charge in [-0.25, -0.2) is 0 Å². The van der Waals surface area contributed by atoms with Crippen molar-refractivity contribution >= 4 is 11.9 Å². The van der Waals surface area contributed by atoms with Gasteiger partial charge in [-0.1, -0.05) is 26.8 Å². The zero-order valence-corrected chi connectivity index (χ0v) is 12.9. The van der Waals surface area contributed by atoms with E-state index in [0.29, 0.717) is 6.42 Å². The Hall–Kier alpha value is -2.04. The summed E-state index contributed by atoms with van der Waals surface area (Å²) in [5, 5.41) is 21.5. The van der Waals surface area contributed by atoms with Crippen LogP contribution in [0.15, 0.2) is 18.2 Å². The van der Waals surface area contributed by atoms with Crippen molar-refractivity contribution in [2.45, 2.75) is 46.6 Å². The van der Waals surface area contributed by atoms with Gasteiger partial charge in [0.1, 0.15) is 5.75 Å². The van der Waals surface area contributed by atoms with E-state index in [2.05, 4.69) is 5.32 Å². The predicted octanol–water partition coefficient (Wildman–Crippen LogP) is 2.71. The lowest BCUT2D eigenvalue weighted by Crippen LogP contribution is -2.39. The van der Waals surface area contributed by atoms with E-state index in [-0.39, 0.29) is 23.1 Å². The molecule has 0 aliphatic heterocycles. The van der Waals surface area contributed by atoms with Crippen LogP contribution in [0.1, 0.15) is 49.5 Å². The third kappa shape index (κ3) is 5.85. The van der Waals surface area contributed by atoms with Gasteiger partial charge in [-0.05, 0) is 36.5 Å². The van der Waals surface area contributed by atoms with Gasteiger partial charge >= 0.3 is 5.97 Å². The molecule has 5 nitrogen and oxygen atoms in total. The molecule has 0 saturated carbocycles. The van der Waals surface area contributed by atoms with E-state index in [1.54, 1.807) is 6.07 Å². The molecule has 1 amide bonds. The topological polar surface area (TPSA) is 86.6 Å². The summed E-state index contributed by atoms with van der Waals surface area (Å²) in [6.07, 6.45) is 0.396. The fourth-order valence-electron chi connectivity index (χ4n) is 2.22. The largest absolute Gasteiger partial charge is 0.507 e. The summed E-state index contributed by atoms with van der Waals surface area (Å²) in [4.78, 5) is 23.1. The highest BCUT2D eigenvalue weighted by atomic mass is 16.4. The van der Waals surface area contributed by atoms with Gasteiger partial charge in [-0.2, -0.15) is 0 Å². The van der Waals surface area contributed by atoms with Crippen LogP contribution in [0.3, 0.4) is 0 Å². The number of aliphatic carboxylic acids is 1. The third-order valence-electron chi connectivity index (χ3n) is 3.01. The second kappa shape index (κ2) is 6.61. The Labute approximate surface area is 125 Å². The molecular formula is C16H23NO4. The Morgan fingerprint density at radius 3 is 2.38 bits per heavy atom. The van der Waals surface area contributed by atoms with Crippen LogP contribution in [0.4, 0.5) is 0 Å². The van der Waals surface area contributed by atoms with Crippen LogP contribution in [0, 0.1) is 12.3 Å². The molecule has 1 aromatic rings. The number of rotatable bonds is 5. The SMILES string of the molecule is Cc1ccc(C(=O)NC(CC(=O)O)CC(C)(C)C)c(O)c1. The highest BCUT2D eigenvalue weighted by Crippen LogP contribution is 2.23. The number of carbonyl (C=O) groups is 2. The fourth-order valence-corrected chi connectivity index (χ4v) is 2.22. The summed E-state index contributed by atoms with van der Waals surface area (Å²) in [5.74, 6) is -1.52. The zero-order valence-electron chi connectivity index (χ0n) is 12.9. The number of carboxylic acids is 1. The lowest BCUT2D eigenvalue weighted by atomic mass is 9.87. The summed E-state index contributed by atoms with van der Waals surface area (Å²) in [6, 6.07) is 4.29. The molecule has 0 radical (unpaired) electrons. The van der Waals surface area contributed by atoms with E-state index in [9.17, 15) is 14.7 Å². The molecule has 3 N–H and O–H groups in total. The second-order valence-electron chi connectivity index (χ2n) is 6.55. The molecule has 1 unspecified atom stereocenters. The van der Waals surface area contributed by atoms with E-state index >= 15 is 0 Å². The maximum Gasteiger partial charge on any atom is 0.305 e. The van der Waals surface area contributed by atoms with Gasteiger partial charge in [0.15, 0.2) is 0 Å². The van der Waals surface area contributed by atoms with Crippen molar-refractivity contribution in [3.05, 3.63) is 29.3 Å². The van der Waals surface area contributed by atoms with Crippen molar-refractivity contribution in [1.82, 2.24) is 5.32 Å². The quantitative estimate of drug-likeness (QED) is 0.779. The van der Waals surface area contributed by atoms with Gasteiger partial charge in [-0.3, -0.25) is 9.59 Å². The van der Waals surface area contributed by atoms with Crippen LogP contribution in [0.5, 0.6) is 5.75 Å². The molecule has 1 rings (SSSR count). The van der Waals surface area contributed by atoms with Crippen molar-refractivity contribution in [1.29, 1.82) is 0 Å². The summed E-state index contributed by atoms with van der Waals surface area (Å²) in [6.45, 7) is 7.76. The molecule has 1 atom stereocenters. The Morgan fingerprint density at radius 2 is 1.90 bits per heavy atom. The Balaban J connectivity index is 2.86. The standard InChI is InChI=1S/C16H23NO4/c1-10-5-6-12(13(18)7-10)15(21)17-11(8-14(19)20)9-16(2,3)4/h5-7,11,18H,8-9H2,1-4H3,(H,17,21)(H,19,20). The number of phenols is 1. The highest BCUT2D eigenvalue weighted by molar-refractivity contribution is 5.97. The van der Waals surface area contributed by atoms with Crippen LogP contribution >= 0.6 is 0 Å². The van der Waals surface area contributed by atoms with Crippen molar-refractivity contribution < 1.29 is 19.8 Å². The Bertz CT molecular complexity index is 532. The van der Waals surface area contributed by atoms with Crippen LogP contribution in [-0.2, 0) is 4.79 Å². The molecule has 0 aromatic heterocycles. The number of benzene rings is 1. The summed E-state index contributed by atoms with van der Waals surface area (Å²) in [7, 11) is 0. The molecule has 21 heavy (non-hydrogen) atoms. The fraction of sp³-hybridized carbons (Fsp3) is 0.500. The number of aryl methyl sites for hydroxylation is 1. The predicted molar refractivity (Wildman–Crippen MR) is 80.4 cm³/mol. The minimum absolute atomic E-state index is 0.0997. The molecule has 0 bridgehead atoms. The number of hydrogen-bond donors (Lipinski definition) is 3. The van der Waals surface area contributed by atoms with Crippen LogP contribution in [-0.4, -0.2) is 28.1 Å². The molecular weight excluding hydrogens is 270 g/mol. The maximum absolute atomic E-state index is 12.2. The lowest BCUT2D eigenvalue weighted by Gasteiger charge is -2.26. The smallest absolute Gasteiger partial charge is 0.305 e.